The molecule has 6 nitrogen and oxygen atoms in total. The molecule has 1 aromatic carbocycles. The Morgan fingerprint density at radius 2 is 2.07 bits per heavy atom. The van der Waals surface area contributed by atoms with Gasteiger partial charge < -0.3 is 20.1 Å². The van der Waals surface area contributed by atoms with E-state index in [2.05, 4.69) is 26.9 Å². The van der Waals surface area contributed by atoms with Gasteiger partial charge in [-0.3, -0.25) is 4.99 Å². The molecule has 1 saturated carbocycles. The minimum absolute atomic E-state index is 0. The summed E-state index contributed by atoms with van der Waals surface area (Å²) in [5.74, 6) is 2.84. The molecule has 0 saturated heterocycles. The molecule has 158 valence electrons. The summed E-state index contributed by atoms with van der Waals surface area (Å²) in [6, 6.07) is 11.8. The van der Waals surface area contributed by atoms with E-state index < -0.39 is 0 Å². The quantitative estimate of drug-likeness (QED) is 0.315. The first-order valence-electron chi connectivity index (χ1n) is 9.47. The molecule has 0 aliphatic heterocycles. The van der Waals surface area contributed by atoms with Gasteiger partial charge in [0.05, 0.1) is 7.11 Å². The SMILES string of the molecule is CN=C(NCc1ccc(Oc2cccc(OC)c2)nc1)NC1CCC(SC)C1.I. The second kappa shape index (κ2) is 12.1. The number of nitrogens with one attached hydrogen (secondary N) is 2. The van der Waals surface area contributed by atoms with Crippen LogP contribution in [0.5, 0.6) is 17.4 Å². The molecule has 8 heteroatoms. The van der Waals surface area contributed by atoms with E-state index in [1.54, 1.807) is 14.2 Å². The number of nitrogens with zero attached hydrogens (tertiary/aromatic N) is 2. The van der Waals surface area contributed by atoms with Gasteiger partial charge in [-0.2, -0.15) is 11.8 Å². The van der Waals surface area contributed by atoms with E-state index in [0.717, 1.165) is 22.5 Å². The molecule has 0 spiro atoms. The number of pyridine rings is 1. The maximum Gasteiger partial charge on any atom is 0.219 e. The van der Waals surface area contributed by atoms with Gasteiger partial charge in [-0.15, -0.1) is 24.0 Å². The molecule has 2 atom stereocenters. The number of aromatic nitrogens is 1. The lowest BCUT2D eigenvalue weighted by Gasteiger charge is -2.17. The van der Waals surface area contributed by atoms with Crippen LogP contribution in [0.4, 0.5) is 0 Å². The average molecular weight is 528 g/mol. The number of halogens is 1. The van der Waals surface area contributed by atoms with Crippen molar-refractivity contribution in [2.24, 2.45) is 4.99 Å². The van der Waals surface area contributed by atoms with Crippen LogP contribution >= 0.6 is 35.7 Å². The molecule has 2 N–H and O–H groups in total. The molecular formula is C21H29IN4O2S. The Bertz CT molecular complexity index is 789. The van der Waals surface area contributed by atoms with Crippen molar-refractivity contribution in [3.63, 3.8) is 0 Å². The fourth-order valence-corrected chi connectivity index (χ4v) is 4.02. The minimum atomic E-state index is 0. The number of methoxy groups -OCH3 is 1. The van der Waals surface area contributed by atoms with Crippen LogP contribution in [0.25, 0.3) is 0 Å². The highest BCUT2D eigenvalue weighted by Crippen LogP contribution is 2.28. The normalized spacial score (nSPS) is 18.7. The smallest absolute Gasteiger partial charge is 0.219 e. The molecule has 2 unspecified atom stereocenters. The Balaban J connectivity index is 0.00000300. The van der Waals surface area contributed by atoms with Crippen LogP contribution in [0.2, 0.25) is 0 Å². The van der Waals surface area contributed by atoms with Gasteiger partial charge in [-0.25, -0.2) is 4.98 Å². The van der Waals surface area contributed by atoms with E-state index in [9.17, 15) is 0 Å². The number of rotatable bonds is 7. The zero-order chi connectivity index (χ0) is 19.8. The Morgan fingerprint density at radius 1 is 1.24 bits per heavy atom. The lowest BCUT2D eigenvalue weighted by molar-refractivity contribution is 0.407. The van der Waals surface area contributed by atoms with E-state index in [-0.39, 0.29) is 24.0 Å². The first-order chi connectivity index (χ1) is 13.7. The zero-order valence-corrected chi connectivity index (χ0v) is 20.2. The summed E-state index contributed by atoms with van der Waals surface area (Å²) in [5.41, 5.74) is 1.06. The third kappa shape index (κ3) is 7.26. The van der Waals surface area contributed by atoms with Crippen molar-refractivity contribution in [1.82, 2.24) is 15.6 Å². The van der Waals surface area contributed by atoms with Crippen molar-refractivity contribution in [3.05, 3.63) is 48.2 Å². The van der Waals surface area contributed by atoms with Crippen LogP contribution in [-0.4, -0.2) is 42.6 Å². The predicted molar refractivity (Wildman–Crippen MR) is 131 cm³/mol. The number of ether oxygens (including phenoxy) is 2. The molecule has 1 fully saturated rings. The van der Waals surface area contributed by atoms with E-state index in [1.807, 2.05) is 54.4 Å². The third-order valence-electron chi connectivity index (χ3n) is 4.80. The van der Waals surface area contributed by atoms with Crippen LogP contribution in [0.15, 0.2) is 47.6 Å². The molecular weight excluding hydrogens is 499 g/mol. The van der Waals surface area contributed by atoms with Gasteiger partial charge in [0.2, 0.25) is 5.88 Å². The molecule has 0 radical (unpaired) electrons. The van der Waals surface area contributed by atoms with Crippen LogP contribution < -0.4 is 20.1 Å². The molecule has 0 bridgehead atoms. The summed E-state index contributed by atoms with van der Waals surface area (Å²) in [6.07, 6.45) is 7.67. The summed E-state index contributed by atoms with van der Waals surface area (Å²) in [4.78, 5) is 8.73. The standard InChI is InChI=1S/C21H28N4O2S.HI/c1-22-21(25-16-8-9-19(11-16)28-3)24-14-15-7-10-20(23-13-15)27-18-6-4-5-17(12-18)26-2;/h4-7,10,12-13,16,19H,8-9,11,14H2,1-3H3,(H2,22,24,25);1H. The number of thioether (sulfide) groups is 1. The van der Waals surface area contributed by atoms with Gasteiger partial charge in [0.25, 0.3) is 0 Å². The van der Waals surface area contributed by atoms with Crippen LogP contribution in [0, 0.1) is 0 Å². The Labute approximate surface area is 194 Å². The highest BCUT2D eigenvalue weighted by Gasteiger charge is 2.24. The second-order valence-electron chi connectivity index (χ2n) is 6.72. The largest absolute Gasteiger partial charge is 0.497 e. The maximum atomic E-state index is 5.78. The van der Waals surface area contributed by atoms with Gasteiger partial charge in [-0.05, 0) is 43.2 Å². The second-order valence-corrected chi connectivity index (χ2v) is 7.86. The average Bonchev–Trinajstić information content (AvgIpc) is 3.20. The number of hydrogen-bond acceptors (Lipinski definition) is 5. The predicted octanol–water partition coefficient (Wildman–Crippen LogP) is 4.45. The third-order valence-corrected chi connectivity index (χ3v) is 5.90. The van der Waals surface area contributed by atoms with E-state index in [4.69, 9.17) is 9.47 Å². The van der Waals surface area contributed by atoms with Crippen molar-refractivity contribution in [2.75, 3.05) is 20.4 Å². The molecule has 2 aromatic rings. The molecule has 3 rings (SSSR count). The Hall–Kier alpha value is -1.68. The number of benzene rings is 1. The fourth-order valence-electron chi connectivity index (χ4n) is 3.22. The van der Waals surface area contributed by atoms with Crippen LogP contribution in [0.1, 0.15) is 24.8 Å². The van der Waals surface area contributed by atoms with Crippen molar-refractivity contribution >= 4 is 41.7 Å². The number of aliphatic imine (C=N–C) groups is 1. The summed E-state index contributed by atoms with van der Waals surface area (Å²) >= 11 is 1.96. The summed E-state index contributed by atoms with van der Waals surface area (Å²) in [5, 5.41) is 7.65. The number of hydrogen-bond donors (Lipinski definition) is 2. The first kappa shape index (κ1) is 23.6. The summed E-state index contributed by atoms with van der Waals surface area (Å²) < 4.78 is 11.0. The highest BCUT2D eigenvalue weighted by molar-refractivity contribution is 14.0. The highest BCUT2D eigenvalue weighted by atomic mass is 127. The molecule has 1 aliphatic carbocycles. The van der Waals surface area contributed by atoms with Crippen LogP contribution in [-0.2, 0) is 6.54 Å². The van der Waals surface area contributed by atoms with Gasteiger partial charge in [-0.1, -0.05) is 12.1 Å². The fraction of sp³-hybridized carbons (Fsp3) is 0.429. The minimum Gasteiger partial charge on any atom is -0.497 e. The summed E-state index contributed by atoms with van der Waals surface area (Å²) in [6.45, 7) is 0.658. The monoisotopic (exact) mass is 528 g/mol. The van der Waals surface area contributed by atoms with Crippen LogP contribution in [0.3, 0.4) is 0 Å². The van der Waals surface area contributed by atoms with E-state index >= 15 is 0 Å². The lowest BCUT2D eigenvalue weighted by atomic mass is 10.2. The van der Waals surface area contributed by atoms with Gasteiger partial charge in [0.15, 0.2) is 5.96 Å². The molecule has 29 heavy (non-hydrogen) atoms. The van der Waals surface area contributed by atoms with Gasteiger partial charge in [0.1, 0.15) is 11.5 Å². The van der Waals surface area contributed by atoms with E-state index in [1.165, 1.54) is 19.3 Å². The topological polar surface area (TPSA) is 67.8 Å². The van der Waals surface area contributed by atoms with Crippen molar-refractivity contribution < 1.29 is 9.47 Å². The number of guanidine groups is 1. The summed E-state index contributed by atoms with van der Waals surface area (Å²) in [7, 11) is 3.44. The maximum absolute atomic E-state index is 5.78. The molecule has 0 amide bonds. The Kier molecular flexibility index (Phi) is 9.86. The van der Waals surface area contributed by atoms with Crippen molar-refractivity contribution in [3.8, 4) is 17.4 Å². The Morgan fingerprint density at radius 3 is 2.72 bits per heavy atom. The first-order valence-corrected chi connectivity index (χ1v) is 10.8. The zero-order valence-electron chi connectivity index (χ0n) is 17.1. The van der Waals surface area contributed by atoms with Gasteiger partial charge >= 0.3 is 0 Å². The molecule has 1 heterocycles. The molecule has 1 aliphatic rings. The van der Waals surface area contributed by atoms with E-state index in [0.29, 0.717) is 24.2 Å². The lowest BCUT2D eigenvalue weighted by Crippen LogP contribution is -2.42. The van der Waals surface area contributed by atoms with Gasteiger partial charge in [0, 0.05) is 43.2 Å². The van der Waals surface area contributed by atoms with Crippen molar-refractivity contribution in [2.45, 2.75) is 37.1 Å². The van der Waals surface area contributed by atoms with Crippen molar-refractivity contribution in [1.29, 1.82) is 0 Å². The molecule has 1 aromatic heterocycles.